The van der Waals surface area contributed by atoms with Crippen molar-refractivity contribution in [2.24, 2.45) is 0 Å². The van der Waals surface area contributed by atoms with Crippen molar-refractivity contribution in [3.63, 3.8) is 0 Å². The highest BCUT2D eigenvalue weighted by Crippen LogP contribution is 2.28. The predicted molar refractivity (Wildman–Crippen MR) is 112 cm³/mol. The molecule has 3 rings (SSSR count). The molecule has 1 N–H and O–H groups in total. The summed E-state index contributed by atoms with van der Waals surface area (Å²) in [7, 11) is 1.33. The van der Waals surface area contributed by atoms with E-state index in [1.807, 2.05) is 12.1 Å². The number of aromatic nitrogens is 1. The first-order valence-corrected chi connectivity index (χ1v) is 8.88. The SMILES string of the molecule is COc1ccc(C(=O)C=Cc2cccnc2Nc2ccc(Cl)cc2)cc1[N+](=O)[O-]. The number of benzene rings is 2. The van der Waals surface area contributed by atoms with Crippen LogP contribution < -0.4 is 10.1 Å². The number of nitrogens with one attached hydrogen (secondary N) is 1. The first kappa shape index (κ1) is 20.0. The number of anilines is 2. The molecule has 0 saturated heterocycles. The Morgan fingerprint density at radius 3 is 2.66 bits per heavy atom. The van der Waals surface area contributed by atoms with E-state index >= 15 is 0 Å². The van der Waals surface area contributed by atoms with Gasteiger partial charge in [-0.2, -0.15) is 0 Å². The summed E-state index contributed by atoms with van der Waals surface area (Å²) in [6.45, 7) is 0. The summed E-state index contributed by atoms with van der Waals surface area (Å²) in [6.07, 6.45) is 4.57. The molecule has 8 heteroatoms. The molecule has 1 aromatic heterocycles. The minimum absolute atomic E-state index is 0.0947. The van der Waals surface area contributed by atoms with Gasteiger partial charge in [0.2, 0.25) is 0 Å². The molecule has 29 heavy (non-hydrogen) atoms. The lowest BCUT2D eigenvalue weighted by molar-refractivity contribution is -0.385. The van der Waals surface area contributed by atoms with E-state index in [0.29, 0.717) is 16.4 Å². The smallest absolute Gasteiger partial charge is 0.311 e. The van der Waals surface area contributed by atoms with Gasteiger partial charge in [0.25, 0.3) is 0 Å². The Balaban J connectivity index is 1.83. The number of ether oxygens (including phenoxy) is 1. The molecular formula is C21H16ClN3O4. The highest BCUT2D eigenvalue weighted by Gasteiger charge is 2.17. The molecule has 7 nitrogen and oxygen atoms in total. The van der Waals surface area contributed by atoms with Gasteiger partial charge in [-0.15, -0.1) is 0 Å². The molecule has 0 radical (unpaired) electrons. The number of allylic oxidation sites excluding steroid dienone is 1. The first-order valence-electron chi connectivity index (χ1n) is 8.50. The average molecular weight is 410 g/mol. The van der Waals surface area contributed by atoms with Crippen LogP contribution in [0.2, 0.25) is 5.02 Å². The third-order valence-corrected chi connectivity index (χ3v) is 4.27. The van der Waals surface area contributed by atoms with Crippen molar-refractivity contribution in [3.8, 4) is 5.75 Å². The molecule has 0 unspecified atom stereocenters. The van der Waals surface area contributed by atoms with Crippen LogP contribution in [0.15, 0.2) is 66.9 Å². The van der Waals surface area contributed by atoms with Gasteiger partial charge in [-0.25, -0.2) is 4.98 Å². The van der Waals surface area contributed by atoms with Crippen LogP contribution in [-0.4, -0.2) is 22.8 Å². The first-order chi connectivity index (χ1) is 14.0. The van der Waals surface area contributed by atoms with Crippen LogP contribution in [0.1, 0.15) is 15.9 Å². The number of methoxy groups -OCH3 is 1. The number of pyridine rings is 1. The maximum Gasteiger partial charge on any atom is 0.311 e. The maximum absolute atomic E-state index is 12.5. The number of hydrogen-bond acceptors (Lipinski definition) is 6. The van der Waals surface area contributed by atoms with Gasteiger partial charge in [-0.3, -0.25) is 14.9 Å². The quantitative estimate of drug-likeness (QED) is 0.246. The second-order valence-corrected chi connectivity index (χ2v) is 6.35. The average Bonchev–Trinajstić information content (AvgIpc) is 2.74. The zero-order chi connectivity index (χ0) is 20.8. The number of carbonyl (C=O) groups excluding carboxylic acids is 1. The van der Waals surface area contributed by atoms with E-state index in [1.54, 1.807) is 36.5 Å². The van der Waals surface area contributed by atoms with E-state index in [2.05, 4.69) is 10.3 Å². The topological polar surface area (TPSA) is 94.4 Å². The lowest BCUT2D eigenvalue weighted by Gasteiger charge is -2.08. The molecule has 0 fully saturated rings. The van der Waals surface area contributed by atoms with Crippen molar-refractivity contribution in [1.29, 1.82) is 0 Å². The largest absolute Gasteiger partial charge is 0.490 e. The maximum atomic E-state index is 12.5. The van der Waals surface area contributed by atoms with E-state index in [0.717, 1.165) is 5.69 Å². The summed E-state index contributed by atoms with van der Waals surface area (Å²) in [5, 5.41) is 14.9. The third kappa shape index (κ3) is 4.97. The molecule has 0 bridgehead atoms. The van der Waals surface area contributed by atoms with E-state index in [9.17, 15) is 14.9 Å². The standard InChI is InChI=1S/C21H16ClN3O4/c1-29-20-11-5-15(13-18(20)25(27)28)19(26)10-4-14-3-2-12-23-21(14)24-17-8-6-16(22)7-9-17/h2-13H,1H3,(H,23,24). The van der Waals surface area contributed by atoms with Gasteiger partial charge < -0.3 is 10.1 Å². The minimum Gasteiger partial charge on any atom is -0.490 e. The van der Waals surface area contributed by atoms with Gasteiger partial charge in [-0.05, 0) is 60.7 Å². The van der Waals surface area contributed by atoms with Gasteiger partial charge in [0, 0.05) is 34.1 Å². The molecule has 3 aromatic rings. The Morgan fingerprint density at radius 1 is 1.21 bits per heavy atom. The summed E-state index contributed by atoms with van der Waals surface area (Å²) < 4.78 is 4.95. The van der Waals surface area contributed by atoms with E-state index in [-0.39, 0.29) is 22.8 Å². The molecular weight excluding hydrogens is 394 g/mol. The number of carbonyl (C=O) groups is 1. The number of ketones is 1. The van der Waals surface area contributed by atoms with Crippen molar-refractivity contribution < 1.29 is 14.5 Å². The molecule has 0 spiro atoms. The lowest BCUT2D eigenvalue weighted by atomic mass is 10.1. The van der Waals surface area contributed by atoms with Gasteiger partial charge >= 0.3 is 5.69 Å². The normalized spacial score (nSPS) is 10.7. The number of nitro benzene ring substituents is 1. The second-order valence-electron chi connectivity index (χ2n) is 5.91. The summed E-state index contributed by atoms with van der Waals surface area (Å²) in [4.78, 5) is 27.3. The summed E-state index contributed by atoms with van der Waals surface area (Å²) in [5.74, 6) is 0.272. The zero-order valence-corrected chi connectivity index (χ0v) is 16.1. The van der Waals surface area contributed by atoms with Crippen molar-refractivity contribution >= 4 is 40.7 Å². The number of nitro groups is 1. The molecule has 146 valence electrons. The highest BCUT2D eigenvalue weighted by molar-refractivity contribution is 6.30. The number of rotatable bonds is 7. The Kier molecular flexibility index (Phi) is 6.21. The van der Waals surface area contributed by atoms with Crippen LogP contribution in [0.3, 0.4) is 0 Å². The van der Waals surface area contributed by atoms with Gasteiger partial charge in [0.1, 0.15) is 5.82 Å². The van der Waals surface area contributed by atoms with Gasteiger partial charge in [0.05, 0.1) is 12.0 Å². The molecule has 0 saturated carbocycles. The van der Waals surface area contributed by atoms with E-state index < -0.39 is 4.92 Å². The summed E-state index contributed by atoms with van der Waals surface area (Å²) in [5.41, 5.74) is 1.39. The minimum atomic E-state index is -0.589. The van der Waals surface area contributed by atoms with Gasteiger partial charge in [0.15, 0.2) is 11.5 Å². The van der Waals surface area contributed by atoms with Crippen molar-refractivity contribution in [1.82, 2.24) is 4.98 Å². The molecule has 0 atom stereocenters. The fourth-order valence-corrected chi connectivity index (χ4v) is 2.70. The highest BCUT2D eigenvalue weighted by atomic mass is 35.5. The van der Waals surface area contributed by atoms with Crippen LogP contribution in [-0.2, 0) is 0 Å². The van der Waals surface area contributed by atoms with Crippen LogP contribution in [0.25, 0.3) is 6.08 Å². The van der Waals surface area contributed by atoms with Crippen LogP contribution in [0, 0.1) is 10.1 Å². The Bertz CT molecular complexity index is 1080. The van der Waals surface area contributed by atoms with Gasteiger partial charge in [-0.1, -0.05) is 11.6 Å². The molecule has 0 aliphatic heterocycles. The van der Waals surface area contributed by atoms with Crippen molar-refractivity contribution in [2.45, 2.75) is 0 Å². The predicted octanol–water partition coefficient (Wildman–Crippen LogP) is 5.29. The molecule has 2 aromatic carbocycles. The Hall–Kier alpha value is -3.71. The fourth-order valence-electron chi connectivity index (χ4n) is 2.57. The summed E-state index contributed by atoms with van der Waals surface area (Å²) in [6, 6.07) is 14.7. The number of nitrogens with zero attached hydrogens (tertiary/aromatic N) is 2. The van der Waals surface area contributed by atoms with Crippen LogP contribution in [0.4, 0.5) is 17.2 Å². The van der Waals surface area contributed by atoms with E-state index in [1.165, 1.54) is 31.4 Å². The third-order valence-electron chi connectivity index (χ3n) is 4.02. The molecule has 0 amide bonds. The monoisotopic (exact) mass is 409 g/mol. The number of hydrogen-bond donors (Lipinski definition) is 1. The lowest BCUT2D eigenvalue weighted by Crippen LogP contribution is -2.00. The Labute approximate surface area is 171 Å². The van der Waals surface area contributed by atoms with Crippen molar-refractivity contribution in [3.05, 3.63) is 93.1 Å². The molecule has 0 aliphatic rings. The molecule has 0 aliphatic carbocycles. The van der Waals surface area contributed by atoms with Crippen LogP contribution in [0.5, 0.6) is 5.75 Å². The fraction of sp³-hybridized carbons (Fsp3) is 0.0476. The number of halogens is 1. The van der Waals surface area contributed by atoms with Crippen molar-refractivity contribution in [2.75, 3.05) is 12.4 Å². The second kappa shape index (κ2) is 8.99. The summed E-state index contributed by atoms with van der Waals surface area (Å²) >= 11 is 5.90. The Morgan fingerprint density at radius 2 is 1.97 bits per heavy atom. The molecule has 1 heterocycles. The van der Waals surface area contributed by atoms with E-state index in [4.69, 9.17) is 16.3 Å². The zero-order valence-electron chi connectivity index (χ0n) is 15.3. The van der Waals surface area contributed by atoms with Crippen LogP contribution >= 0.6 is 11.6 Å².